The van der Waals surface area contributed by atoms with Gasteiger partial charge in [-0.15, -0.1) is 0 Å². The standard InChI is InChI=1S/C22H29N3O3/c1-7-28-19(26)14-12-23-20(24-13-14)25-17-10-15-16(11-18(17)27-6)22(4,5)9-8-21(15,2)3/h10-13H,7-9H2,1-6H3,(H,23,24,25). The highest BCUT2D eigenvalue weighted by Crippen LogP contribution is 2.48. The molecule has 0 radical (unpaired) electrons. The Kier molecular flexibility index (Phi) is 5.33. The van der Waals surface area contributed by atoms with Crippen LogP contribution in [0.5, 0.6) is 5.75 Å². The summed E-state index contributed by atoms with van der Waals surface area (Å²) in [6, 6.07) is 4.28. The number of rotatable bonds is 5. The van der Waals surface area contributed by atoms with E-state index >= 15 is 0 Å². The lowest BCUT2D eigenvalue weighted by Crippen LogP contribution is -2.33. The van der Waals surface area contributed by atoms with Crippen LogP contribution >= 0.6 is 0 Å². The smallest absolute Gasteiger partial charge is 0.341 e. The first-order valence-corrected chi connectivity index (χ1v) is 9.67. The van der Waals surface area contributed by atoms with Crippen LogP contribution in [0.3, 0.4) is 0 Å². The number of fused-ring (bicyclic) bond motifs is 1. The molecule has 150 valence electrons. The van der Waals surface area contributed by atoms with E-state index in [1.807, 2.05) is 0 Å². The first-order chi connectivity index (χ1) is 13.2. The van der Waals surface area contributed by atoms with Crippen LogP contribution in [0, 0.1) is 0 Å². The lowest BCUT2D eigenvalue weighted by Gasteiger charge is -2.42. The summed E-state index contributed by atoms with van der Waals surface area (Å²) < 4.78 is 10.6. The number of carbonyl (C=O) groups is 1. The quantitative estimate of drug-likeness (QED) is 0.751. The zero-order valence-corrected chi connectivity index (χ0v) is 17.5. The van der Waals surface area contributed by atoms with E-state index in [1.165, 1.54) is 23.5 Å². The molecule has 6 nitrogen and oxygen atoms in total. The van der Waals surface area contributed by atoms with Crippen molar-refractivity contribution in [2.45, 2.75) is 58.3 Å². The molecule has 0 saturated heterocycles. The summed E-state index contributed by atoms with van der Waals surface area (Å²) in [4.78, 5) is 20.3. The highest BCUT2D eigenvalue weighted by Gasteiger charge is 2.38. The molecule has 2 aromatic rings. The van der Waals surface area contributed by atoms with Crippen LogP contribution in [0.15, 0.2) is 24.5 Å². The van der Waals surface area contributed by atoms with E-state index in [1.54, 1.807) is 14.0 Å². The van der Waals surface area contributed by atoms with E-state index in [-0.39, 0.29) is 10.8 Å². The van der Waals surface area contributed by atoms with Crippen molar-refractivity contribution in [1.29, 1.82) is 0 Å². The minimum absolute atomic E-state index is 0.0855. The van der Waals surface area contributed by atoms with Crippen molar-refractivity contribution < 1.29 is 14.3 Å². The second-order valence-corrected chi connectivity index (χ2v) is 8.51. The molecule has 0 aliphatic heterocycles. The molecular weight excluding hydrogens is 354 g/mol. The molecule has 1 aliphatic rings. The first-order valence-electron chi connectivity index (χ1n) is 9.67. The Morgan fingerprint density at radius 3 is 2.18 bits per heavy atom. The van der Waals surface area contributed by atoms with Crippen LogP contribution in [0.2, 0.25) is 0 Å². The van der Waals surface area contributed by atoms with Gasteiger partial charge in [-0.25, -0.2) is 14.8 Å². The van der Waals surface area contributed by atoms with E-state index in [0.29, 0.717) is 18.1 Å². The largest absolute Gasteiger partial charge is 0.495 e. The summed E-state index contributed by atoms with van der Waals surface area (Å²) in [6.45, 7) is 11.2. The average molecular weight is 383 g/mol. The number of carbonyl (C=O) groups excluding carboxylic acids is 1. The summed E-state index contributed by atoms with van der Waals surface area (Å²) in [5.74, 6) is 0.728. The Hall–Kier alpha value is -2.63. The van der Waals surface area contributed by atoms with Crippen LogP contribution in [-0.4, -0.2) is 29.7 Å². The van der Waals surface area contributed by atoms with Gasteiger partial charge in [0.15, 0.2) is 0 Å². The van der Waals surface area contributed by atoms with E-state index in [4.69, 9.17) is 9.47 Å². The SMILES string of the molecule is CCOC(=O)c1cnc(Nc2cc3c(cc2OC)C(C)(C)CCC3(C)C)nc1. The minimum atomic E-state index is -0.426. The molecular formula is C22H29N3O3. The number of nitrogens with zero attached hydrogens (tertiary/aromatic N) is 2. The molecule has 0 saturated carbocycles. The van der Waals surface area contributed by atoms with Crippen LogP contribution < -0.4 is 10.1 Å². The highest BCUT2D eigenvalue weighted by atomic mass is 16.5. The Bertz CT molecular complexity index is 873. The van der Waals surface area contributed by atoms with Gasteiger partial charge in [-0.3, -0.25) is 0 Å². The first kappa shape index (κ1) is 20.1. The van der Waals surface area contributed by atoms with Gasteiger partial charge in [0, 0.05) is 12.4 Å². The van der Waals surface area contributed by atoms with Crippen molar-refractivity contribution in [2.75, 3.05) is 19.0 Å². The van der Waals surface area contributed by atoms with Crippen LogP contribution in [-0.2, 0) is 15.6 Å². The van der Waals surface area contributed by atoms with Crippen molar-refractivity contribution in [3.8, 4) is 5.75 Å². The van der Waals surface area contributed by atoms with Gasteiger partial charge >= 0.3 is 5.97 Å². The molecule has 6 heteroatoms. The number of ether oxygens (including phenoxy) is 2. The van der Waals surface area contributed by atoms with E-state index in [0.717, 1.165) is 24.3 Å². The molecule has 1 aromatic heterocycles. The van der Waals surface area contributed by atoms with Gasteiger partial charge in [-0.1, -0.05) is 27.7 Å². The predicted molar refractivity (Wildman–Crippen MR) is 110 cm³/mol. The number of hydrogen-bond acceptors (Lipinski definition) is 6. The molecule has 1 aliphatic carbocycles. The van der Waals surface area contributed by atoms with Crippen molar-refractivity contribution in [3.63, 3.8) is 0 Å². The molecule has 0 fully saturated rings. The Labute approximate surface area is 166 Å². The van der Waals surface area contributed by atoms with Crippen molar-refractivity contribution in [2.24, 2.45) is 0 Å². The third kappa shape index (κ3) is 3.81. The topological polar surface area (TPSA) is 73.3 Å². The number of esters is 1. The van der Waals surface area contributed by atoms with Gasteiger partial charge in [0.25, 0.3) is 0 Å². The van der Waals surface area contributed by atoms with Crippen molar-refractivity contribution >= 4 is 17.6 Å². The maximum Gasteiger partial charge on any atom is 0.341 e. The molecule has 28 heavy (non-hydrogen) atoms. The van der Waals surface area contributed by atoms with Crippen molar-refractivity contribution in [3.05, 3.63) is 41.2 Å². The van der Waals surface area contributed by atoms with Gasteiger partial charge in [-0.05, 0) is 53.9 Å². The molecule has 0 amide bonds. The maximum absolute atomic E-state index is 11.8. The van der Waals surface area contributed by atoms with Gasteiger partial charge in [-0.2, -0.15) is 0 Å². The van der Waals surface area contributed by atoms with E-state index < -0.39 is 5.97 Å². The number of nitrogens with one attached hydrogen (secondary N) is 1. The van der Waals surface area contributed by atoms with Gasteiger partial charge in [0.1, 0.15) is 5.75 Å². The van der Waals surface area contributed by atoms with Gasteiger partial charge in [0.2, 0.25) is 5.95 Å². The summed E-state index contributed by atoms with van der Waals surface area (Å²) >= 11 is 0. The summed E-state index contributed by atoms with van der Waals surface area (Å²) in [7, 11) is 1.67. The molecule has 1 heterocycles. The second kappa shape index (κ2) is 7.41. The maximum atomic E-state index is 11.8. The summed E-state index contributed by atoms with van der Waals surface area (Å²) in [6.07, 6.45) is 5.20. The van der Waals surface area contributed by atoms with E-state index in [2.05, 4.69) is 55.1 Å². The summed E-state index contributed by atoms with van der Waals surface area (Å²) in [5.41, 5.74) is 3.97. The van der Waals surface area contributed by atoms with Crippen LogP contribution in [0.25, 0.3) is 0 Å². The monoisotopic (exact) mass is 383 g/mol. The van der Waals surface area contributed by atoms with Gasteiger partial charge in [0.05, 0.1) is 25.0 Å². The van der Waals surface area contributed by atoms with Crippen molar-refractivity contribution in [1.82, 2.24) is 9.97 Å². The Morgan fingerprint density at radius 1 is 1.07 bits per heavy atom. The fourth-order valence-corrected chi connectivity index (χ4v) is 3.69. The average Bonchev–Trinajstić information content (AvgIpc) is 2.66. The fraction of sp³-hybridized carbons (Fsp3) is 0.500. The number of hydrogen-bond donors (Lipinski definition) is 1. The minimum Gasteiger partial charge on any atom is -0.495 e. The zero-order chi connectivity index (χ0) is 20.5. The number of anilines is 2. The lowest BCUT2D eigenvalue weighted by atomic mass is 9.63. The number of methoxy groups -OCH3 is 1. The molecule has 0 unspecified atom stereocenters. The van der Waals surface area contributed by atoms with E-state index in [9.17, 15) is 4.79 Å². The van der Waals surface area contributed by atoms with Gasteiger partial charge < -0.3 is 14.8 Å². The molecule has 0 bridgehead atoms. The second-order valence-electron chi connectivity index (χ2n) is 8.51. The molecule has 1 N–H and O–H groups in total. The Balaban J connectivity index is 1.95. The third-order valence-electron chi connectivity index (χ3n) is 5.58. The van der Waals surface area contributed by atoms with Crippen LogP contribution in [0.1, 0.15) is 68.9 Å². The third-order valence-corrected chi connectivity index (χ3v) is 5.58. The predicted octanol–water partition coefficient (Wildman–Crippen LogP) is 4.75. The molecule has 1 aromatic carbocycles. The molecule has 0 spiro atoms. The van der Waals surface area contributed by atoms with Crippen LogP contribution in [0.4, 0.5) is 11.6 Å². The number of aromatic nitrogens is 2. The normalized spacial score (nSPS) is 16.8. The molecule has 3 rings (SSSR count). The highest BCUT2D eigenvalue weighted by molar-refractivity contribution is 5.88. The lowest BCUT2D eigenvalue weighted by molar-refractivity contribution is 0.0525. The molecule has 0 atom stereocenters. The number of benzene rings is 1. The summed E-state index contributed by atoms with van der Waals surface area (Å²) in [5, 5.41) is 3.24. The zero-order valence-electron chi connectivity index (χ0n) is 17.5. The Morgan fingerprint density at radius 2 is 1.64 bits per heavy atom. The fourth-order valence-electron chi connectivity index (χ4n) is 3.69.